The van der Waals surface area contributed by atoms with Crippen LogP contribution in [0, 0.1) is 10.1 Å². The summed E-state index contributed by atoms with van der Waals surface area (Å²) in [5.74, 6) is 0.159. The number of benzene rings is 1. The minimum atomic E-state index is -0.398. The molecular formula is C16H18N4O3. The summed E-state index contributed by atoms with van der Waals surface area (Å²) in [5, 5.41) is 15.8. The number of pyridine rings is 1. The normalized spacial score (nSPS) is 17.4. The van der Waals surface area contributed by atoms with E-state index in [1.807, 2.05) is 11.8 Å². The van der Waals surface area contributed by atoms with Crippen LogP contribution in [0.4, 0.5) is 11.4 Å². The largest absolute Gasteiger partial charge is 0.380 e. The van der Waals surface area contributed by atoms with Crippen LogP contribution in [0.5, 0.6) is 0 Å². The molecule has 23 heavy (non-hydrogen) atoms. The lowest BCUT2D eigenvalue weighted by Gasteiger charge is -2.18. The SMILES string of the molecule is CCC(=O)N1CCC(Nc2ccc([N+](=O)[O-])c3cnccc23)C1. The maximum atomic E-state index is 11.8. The molecule has 1 amide bonds. The van der Waals surface area contributed by atoms with Gasteiger partial charge in [-0.1, -0.05) is 6.92 Å². The van der Waals surface area contributed by atoms with Gasteiger partial charge in [0.25, 0.3) is 5.69 Å². The molecule has 2 aromatic rings. The second kappa shape index (κ2) is 6.20. The maximum Gasteiger partial charge on any atom is 0.278 e. The van der Waals surface area contributed by atoms with Gasteiger partial charge >= 0.3 is 0 Å². The number of anilines is 1. The van der Waals surface area contributed by atoms with Crippen LogP contribution in [0.15, 0.2) is 30.6 Å². The maximum absolute atomic E-state index is 11.8. The molecule has 1 aromatic carbocycles. The van der Waals surface area contributed by atoms with Crippen LogP contribution in [0.25, 0.3) is 10.8 Å². The highest BCUT2D eigenvalue weighted by Gasteiger charge is 2.26. The van der Waals surface area contributed by atoms with Crippen LogP contribution in [0.2, 0.25) is 0 Å². The molecule has 1 unspecified atom stereocenters. The summed E-state index contributed by atoms with van der Waals surface area (Å²) in [6.07, 6.45) is 4.52. The van der Waals surface area contributed by atoms with E-state index in [-0.39, 0.29) is 17.6 Å². The van der Waals surface area contributed by atoms with Crippen molar-refractivity contribution in [2.45, 2.75) is 25.8 Å². The number of likely N-dealkylation sites (tertiary alicyclic amines) is 1. The molecule has 1 saturated heterocycles. The Bertz CT molecular complexity index is 762. The van der Waals surface area contributed by atoms with Crippen LogP contribution in [0.3, 0.4) is 0 Å². The Morgan fingerprint density at radius 2 is 2.26 bits per heavy atom. The predicted octanol–water partition coefficient (Wildman–Crippen LogP) is 2.57. The Hall–Kier alpha value is -2.70. The van der Waals surface area contributed by atoms with E-state index >= 15 is 0 Å². The Kier molecular flexibility index (Phi) is 4.10. The van der Waals surface area contributed by atoms with Gasteiger partial charge in [0.15, 0.2) is 0 Å². The van der Waals surface area contributed by atoms with Crippen LogP contribution in [-0.4, -0.2) is 39.8 Å². The number of nitrogens with one attached hydrogen (secondary N) is 1. The van der Waals surface area contributed by atoms with Crippen molar-refractivity contribution in [1.29, 1.82) is 0 Å². The highest BCUT2D eigenvalue weighted by atomic mass is 16.6. The van der Waals surface area contributed by atoms with Gasteiger partial charge in [0, 0.05) is 55.1 Å². The second-order valence-electron chi connectivity index (χ2n) is 5.63. The number of nitrogens with zero attached hydrogens (tertiary/aromatic N) is 3. The molecule has 1 aliphatic rings. The van der Waals surface area contributed by atoms with Crippen LogP contribution >= 0.6 is 0 Å². The van der Waals surface area contributed by atoms with Crippen molar-refractivity contribution in [2.75, 3.05) is 18.4 Å². The van der Waals surface area contributed by atoms with Crippen molar-refractivity contribution >= 4 is 28.1 Å². The summed E-state index contributed by atoms with van der Waals surface area (Å²) in [4.78, 5) is 28.3. The molecular weight excluding hydrogens is 296 g/mol. The number of rotatable bonds is 4. The van der Waals surface area contributed by atoms with Gasteiger partial charge < -0.3 is 10.2 Å². The molecule has 1 aromatic heterocycles. The Balaban J connectivity index is 1.86. The third kappa shape index (κ3) is 2.94. The highest BCUT2D eigenvalue weighted by molar-refractivity contribution is 5.99. The lowest BCUT2D eigenvalue weighted by Crippen LogP contribution is -2.30. The Morgan fingerprint density at radius 1 is 1.43 bits per heavy atom. The van der Waals surface area contributed by atoms with E-state index in [2.05, 4.69) is 10.3 Å². The molecule has 1 aliphatic heterocycles. The number of nitro benzene ring substituents is 1. The number of carbonyl (C=O) groups is 1. The fraction of sp³-hybridized carbons (Fsp3) is 0.375. The van der Waals surface area contributed by atoms with Crippen molar-refractivity contribution in [3.8, 4) is 0 Å². The van der Waals surface area contributed by atoms with Crippen molar-refractivity contribution in [3.63, 3.8) is 0 Å². The number of nitro groups is 1. The average Bonchev–Trinajstić information content (AvgIpc) is 3.02. The van der Waals surface area contributed by atoms with Gasteiger partial charge in [-0.05, 0) is 18.6 Å². The molecule has 120 valence electrons. The van der Waals surface area contributed by atoms with E-state index in [0.717, 1.165) is 24.0 Å². The predicted molar refractivity (Wildman–Crippen MR) is 87.3 cm³/mol. The minimum absolute atomic E-state index is 0.0489. The highest BCUT2D eigenvalue weighted by Crippen LogP contribution is 2.31. The molecule has 0 spiro atoms. The monoisotopic (exact) mass is 314 g/mol. The molecule has 1 N–H and O–H groups in total. The van der Waals surface area contributed by atoms with E-state index in [9.17, 15) is 14.9 Å². The summed E-state index contributed by atoms with van der Waals surface area (Å²) in [6.45, 7) is 3.27. The molecule has 7 heteroatoms. The molecule has 7 nitrogen and oxygen atoms in total. The Labute approximate surface area is 133 Å². The zero-order chi connectivity index (χ0) is 16.4. The van der Waals surface area contributed by atoms with Gasteiger partial charge in [-0.15, -0.1) is 0 Å². The van der Waals surface area contributed by atoms with Crippen molar-refractivity contribution in [3.05, 3.63) is 40.7 Å². The first-order valence-corrected chi connectivity index (χ1v) is 7.65. The van der Waals surface area contributed by atoms with Crippen LogP contribution in [0.1, 0.15) is 19.8 Å². The van der Waals surface area contributed by atoms with Crippen LogP contribution in [-0.2, 0) is 4.79 Å². The standard InChI is InChI=1S/C16H18N4O3/c1-2-16(21)19-8-6-11(10-19)18-14-3-4-15(20(22)23)13-9-17-7-5-12(13)14/h3-5,7,9,11,18H,2,6,8,10H2,1H3. The van der Waals surface area contributed by atoms with Gasteiger partial charge in [-0.3, -0.25) is 19.9 Å². The number of hydrogen-bond donors (Lipinski definition) is 1. The fourth-order valence-electron chi connectivity index (χ4n) is 3.01. The van der Waals surface area contributed by atoms with Gasteiger partial charge in [0.1, 0.15) is 0 Å². The number of amides is 1. The van der Waals surface area contributed by atoms with Crippen molar-refractivity contribution < 1.29 is 9.72 Å². The number of aromatic nitrogens is 1. The van der Waals surface area contributed by atoms with E-state index in [4.69, 9.17) is 0 Å². The van der Waals surface area contributed by atoms with E-state index in [1.165, 1.54) is 12.3 Å². The smallest absolute Gasteiger partial charge is 0.278 e. The van der Waals surface area contributed by atoms with E-state index in [1.54, 1.807) is 18.3 Å². The third-order valence-electron chi connectivity index (χ3n) is 4.19. The third-order valence-corrected chi connectivity index (χ3v) is 4.19. The van der Waals surface area contributed by atoms with Crippen LogP contribution < -0.4 is 5.32 Å². The molecule has 2 heterocycles. The summed E-state index contributed by atoms with van der Waals surface area (Å²) < 4.78 is 0. The minimum Gasteiger partial charge on any atom is -0.380 e. The van der Waals surface area contributed by atoms with Gasteiger partial charge in [0.05, 0.1) is 10.3 Å². The molecule has 0 aliphatic carbocycles. The molecule has 0 bridgehead atoms. The number of carbonyl (C=O) groups excluding carboxylic acids is 1. The molecule has 1 atom stereocenters. The summed E-state index contributed by atoms with van der Waals surface area (Å²) >= 11 is 0. The van der Waals surface area contributed by atoms with Gasteiger partial charge in [-0.25, -0.2) is 0 Å². The first-order chi connectivity index (χ1) is 11.1. The number of fused-ring (bicyclic) bond motifs is 1. The molecule has 0 saturated carbocycles. The lowest BCUT2D eigenvalue weighted by molar-refractivity contribution is -0.383. The zero-order valence-electron chi connectivity index (χ0n) is 12.9. The van der Waals surface area contributed by atoms with Gasteiger partial charge in [-0.2, -0.15) is 0 Å². The first-order valence-electron chi connectivity index (χ1n) is 7.65. The van der Waals surface area contributed by atoms with Gasteiger partial charge in [0.2, 0.25) is 5.91 Å². The molecule has 3 rings (SSSR count). The Morgan fingerprint density at radius 3 is 3.00 bits per heavy atom. The first kappa shape index (κ1) is 15.2. The van der Waals surface area contributed by atoms with E-state index in [0.29, 0.717) is 18.4 Å². The topological polar surface area (TPSA) is 88.4 Å². The van der Waals surface area contributed by atoms with Crippen molar-refractivity contribution in [1.82, 2.24) is 9.88 Å². The lowest BCUT2D eigenvalue weighted by atomic mass is 10.1. The summed E-state index contributed by atoms with van der Waals surface area (Å²) in [5.41, 5.74) is 0.886. The van der Waals surface area contributed by atoms with Crippen molar-refractivity contribution in [2.24, 2.45) is 0 Å². The average molecular weight is 314 g/mol. The molecule has 0 radical (unpaired) electrons. The number of non-ortho nitro benzene ring substituents is 1. The fourth-order valence-corrected chi connectivity index (χ4v) is 3.01. The quantitative estimate of drug-likeness (QED) is 0.692. The zero-order valence-corrected chi connectivity index (χ0v) is 12.9. The van der Waals surface area contributed by atoms with E-state index < -0.39 is 4.92 Å². The second-order valence-corrected chi connectivity index (χ2v) is 5.63. The number of hydrogen-bond acceptors (Lipinski definition) is 5. The summed E-state index contributed by atoms with van der Waals surface area (Å²) in [7, 11) is 0. The summed E-state index contributed by atoms with van der Waals surface area (Å²) in [6, 6.07) is 5.15. The molecule has 1 fully saturated rings.